The predicted molar refractivity (Wildman–Crippen MR) is 173 cm³/mol. The van der Waals surface area contributed by atoms with Gasteiger partial charge in [-0.1, -0.05) is 103 Å². The summed E-state index contributed by atoms with van der Waals surface area (Å²) in [7, 11) is 0. The molecule has 2 aromatic heterocycles. The number of benzene rings is 1. The molecule has 0 unspecified atom stereocenters. The Hall–Kier alpha value is -3.24. The summed E-state index contributed by atoms with van der Waals surface area (Å²) in [4.78, 5) is 4.80. The Morgan fingerprint density at radius 3 is 1.85 bits per heavy atom. The Kier molecular flexibility index (Phi) is 14.8. The van der Waals surface area contributed by atoms with Gasteiger partial charge >= 0.3 is 6.71 Å². The minimum Gasteiger partial charge on any atom is -0.255 e. The number of nitrogens with zero attached hydrogens (tertiary/aromatic N) is 3. The maximum Gasteiger partial charge on any atom is 0.350 e. The number of pyridine rings is 1. The molecule has 0 fully saturated rings. The van der Waals surface area contributed by atoms with E-state index in [9.17, 15) is 0 Å². The van der Waals surface area contributed by atoms with Crippen LogP contribution in [0, 0.1) is 23.5 Å². The third-order valence-electron chi connectivity index (χ3n) is 7.27. The first-order chi connectivity index (χ1) is 19.8. The lowest BCUT2D eigenvalue weighted by Gasteiger charge is -2.10. The lowest BCUT2D eigenvalue weighted by Crippen LogP contribution is -2.32. The molecule has 3 nitrogen and oxygen atoms in total. The van der Waals surface area contributed by atoms with E-state index in [2.05, 4.69) is 91.4 Å². The summed E-state index contributed by atoms with van der Waals surface area (Å²) in [6, 6.07) is 16.6. The zero-order chi connectivity index (χ0) is 28.3. The molecule has 210 valence electrons. The largest absolute Gasteiger partial charge is 0.350 e. The van der Waals surface area contributed by atoms with E-state index < -0.39 is 0 Å². The Labute approximate surface area is 244 Å². The normalized spacial score (nSPS) is 10.5. The van der Waals surface area contributed by atoms with E-state index in [-0.39, 0.29) is 6.71 Å². The van der Waals surface area contributed by atoms with Gasteiger partial charge in [0.25, 0.3) is 0 Å². The van der Waals surface area contributed by atoms with Gasteiger partial charge in [0.05, 0.1) is 22.8 Å². The molecule has 40 heavy (non-hydrogen) atoms. The second-order valence-corrected chi connectivity index (χ2v) is 10.7. The van der Waals surface area contributed by atoms with Crippen molar-refractivity contribution in [1.82, 2.24) is 14.8 Å². The summed E-state index contributed by atoms with van der Waals surface area (Å²) in [5.41, 5.74) is 5.27. The van der Waals surface area contributed by atoms with Crippen LogP contribution in [0.4, 0.5) is 0 Å². The molecule has 0 amide bonds. The predicted octanol–water partition coefficient (Wildman–Crippen LogP) is 8.78. The molecular weight excluding hydrogens is 485 g/mol. The maximum atomic E-state index is 5.25. The van der Waals surface area contributed by atoms with Crippen LogP contribution in [0.1, 0.15) is 116 Å². The molecule has 1 aromatic carbocycles. The SMILES string of the molecule is CCCCCCC#CB(C#CCCCCCC)c1c(CCCCCC)nn(-c2ccccc2)c1-c1ccccn1. The number of para-hydroxylation sites is 1. The summed E-state index contributed by atoms with van der Waals surface area (Å²) in [5, 5.41) is 5.25. The number of hydrogen-bond donors (Lipinski definition) is 0. The van der Waals surface area contributed by atoms with Gasteiger partial charge in [0.1, 0.15) is 0 Å². The topological polar surface area (TPSA) is 30.7 Å². The maximum absolute atomic E-state index is 5.25. The third-order valence-corrected chi connectivity index (χ3v) is 7.27. The van der Waals surface area contributed by atoms with Gasteiger partial charge < -0.3 is 0 Å². The lowest BCUT2D eigenvalue weighted by atomic mass is 9.45. The fraction of sp³-hybridized carbons (Fsp3) is 0.500. The summed E-state index contributed by atoms with van der Waals surface area (Å²) < 4.78 is 2.09. The molecule has 0 saturated carbocycles. The highest BCUT2D eigenvalue weighted by Gasteiger charge is 2.28. The average molecular weight is 534 g/mol. The van der Waals surface area contributed by atoms with E-state index in [0.29, 0.717) is 0 Å². The van der Waals surface area contributed by atoms with Crippen LogP contribution in [-0.2, 0) is 6.42 Å². The minimum absolute atomic E-state index is 0.173. The molecule has 0 atom stereocenters. The summed E-state index contributed by atoms with van der Waals surface area (Å²) in [5.74, 6) is 14.3. The van der Waals surface area contributed by atoms with E-state index in [1.165, 1.54) is 57.8 Å². The van der Waals surface area contributed by atoms with Gasteiger partial charge in [-0.3, -0.25) is 4.98 Å². The molecule has 4 heteroatoms. The molecule has 0 radical (unpaired) electrons. The molecule has 0 N–H and O–H groups in total. The van der Waals surface area contributed by atoms with Crippen LogP contribution in [0.15, 0.2) is 54.7 Å². The molecule has 3 rings (SSSR count). The Bertz CT molecular complexity index is 1200. The first-order valence-corrected chi connectivity index (χ1v) is 15.8. The molecule has 0 bridgehead atoms. The molecule has 0 spiro atoms. The van der Waals surface area contributed by atoms with E-state index in [4.69, 9.17) is 10.1 Å². The van der Waals surface area contributed by atoms with Crippen LogP contribution in [0.25, 0.3) is 17.1 Å². The van der Waals surface area contributed by atoms with Gasteiger partial charge in [0.2, 0.25) is 0 Å². The number of aryl methyl sites for hydroxylation is 1. The van der Waals surface area contributed by atoms with Crippen molar-refractivity contribution in [3.05, 3.63) is 60.4 Å². The number of rotatable bonds is 16. The van der Waals surface area contributed by atoms with Gasteiger partial charge in [0.15, 0.2) is 0 Å². The van der Waals surface area contributed by atoms with Crippen molar-refractivity contribution in [2.24, 2.45) is 0 Å². The fourth-order valence-electron chi connectivity index (χ4n) is 5.00. The first-order valence-electron chi connectivity index (χ1n) is 15.8. The van der Waals surface area contributed by atoms with Gasteiger partial charge in [-0.15, -0.1) is 23.5 Å². The van der Waals surface area contributed by atoms with Crippen LogP contribution in [-0.4, -0.2) is 21.5 Å². The highest BCUT2D eigenvalue weighted by atomic mass is 15.3. The van der Waals surface area contributed by atoms with Crippen LogP contribution in [0.5, 0.6) is 0 Å². The highest BCUT2D eigenvalue weighted by Crippen LogP contribution is 2.23. The van der Waals surface area contributed by atoms with Crippen molar-refractivity contribution in [2.75, 3.05) is 0 Å². The van der Waals surface area contributed by atoms with Crippen molar-refractivity contribution >= 4 is 12.2 Å². The van der Waals surface area contributed by atoms with Gasteiger partial charge in [-0.05, 0) is 55.4 Å². The van der Waals surface area contributed by atoms with Crippen LogP contribution >= 0.6 is 0 Å². The molecule has 3 aromatic rings. The summed E-state index contributed by atoms with van der Waals surface area (Å²) >= 11 is 0. The molecule has 0 aliphatic heterocycles. The average Bonchev–Trinajstić information content (AvgIpc) is 3.38. The zero-order valence-electron chi connectivity index (χ0n) is 25.2. The van der Waals surface area contributed by atoms with Crippen molar-refractivity contribution in [2.45, 2.75) is 117 Å². The summed E-state index contributed by atoms with van der Waals surface area (Å²) in [6.45, 7) is 6.59. The second kappa shape index (κ2) is 18.9. The van der Waals surface area contributed by atoms with E-state index in [1.807, 2.05) is 12.3 Å². The second-order valence-electron chi connectivity index (χ2n) is 10.7. The smallest absolute Gasteiger partial charge is 0.255 e. The lowest BCUT2D eigenvalue weighted by molar-refractivity contribution is 0.657. The van der Waals surface area contributed by atoms with Crippen molar-refractivity contribution in [3.63, 3.8) is 0 Å². The standard InChI is InChI=1S/C36H48BN3/c1-4-7-10-13-15-22-29-37(30-23-16-14-11-8-5-2)35-33(27-20-12-9-6-3)39-40(32-25-18-17-19-26-32)36(35)34-28-21-24-31-38-34/h17-19,21,24-26,28,31H,4-16,20,27H2,1-3H3. The fourth-order valence-corrected chi connectivity index (χ4v) is 5.00. The zero-order valence-corrected chi connectivity index (χ0v) is 25.2. The van der Waals surface area contributed by atoms with Gasteiger partial charge in [-0.2, -0.15) is 5.10 Å². The van der Waals surface area contributed by atoms with Gasteiger partial charge in [0, 0.05) is 19.0 Å². The Morgan fingerprint density at radius 2 is 1.27 bits per heavy atom. The quantitative estimate of drug-likeness (QED) is 0.105. The van der Waals surface area contributed by atoms with Crippen molar-refractivity contribution in [1.29, 1.82) is 0 Å². The number of hydrogen-bond acceptors (Lipinski definition) is 2. The first kappa shape index (κ1) is 31.3. The van der Waals surface area contributed by atoms with E-state index in [0.717, 1.165) is 66.8 Å². The molecule has 0 saturated heterocycles. The molecule has 0 aliphatic rings. The minimum atomic E-state index is -0.173. The molecular formula is C36H48BN3. The number of aromatic nitrogens is 3. The van der Waals surface area contributed by atoms with Gasteiger partial charge in [-0.25, -0.2) is 4.68 Å². The van der Waals surface area contributed by atoms with Crippen LogP contribution in [0.2, 0.25) is 0 Å². The molecule has 0 aliphatic carbocycles. The van der Waals surface area contributed by atoms with Crippen molar-refractivity contribution in [3.8, 4) is 40.6 Å². The molecule has 2 heterocycles. The van der Waals surface area contributed by atoms with Crippen LogP contribution < -0.4 is 5.46 Å². The summed E-state index contributed by atoms with van der Waals surface area (Å²) in [6.07, 6.45) is 19.3. The number of unbranched alkanes of at least 4 members (excludes halogenated alkanes) is 11. The van der Waals surface area contributed by atoms with Crippen LogP contribution in [0.3, 0.4) is 0 Å². The third kappa shape index (κ3) is 10.1. The monoisotopic (exact) mass is 533 g/mol. The van der Waals surface area contributed by atoms with E-state index >= 15 is 0 Å². The highest BCUT2D eigenvalue weighted by molar-refractivity contribution is 6.88. The Morgan fingerprint density at radius 1 is 0.675 bits per heavy atom. The van der Waals surface area contributed by atoms with E-state index in [1.54, 1.807) is 0 Å². The van der Waals surface area contributed by atoms with Crippen molar-refractivity contribution < 1.29 is 0 Å². The Balaban J connectivity index is 2.10.